The molecular formula is C17H14ClFN4O2. The average Bonchev–Trinajstić information content (AvgIpc) is 3.06. The van der Waals surface area contributed by atoms with Crippen LogP contribution >= 0.6 is 11.6 Å². The third kappa shape index (κ3) is 4.54. The molecule has 3 aromatic rings. The van der Waals surface area contributed by atoms with Crippen molar-refractivity contribution in [2.75, 3.05) is 11.9 Å². The first-order valence-electron chi connectivity index (χ1n) is 7.49. The lowest BCUT2D eigenvalue weighted by atomic mass is 10.2. The van der Waals surface area contributed by atoms with Gasteiger partial charge in [0.1, 0.15) is 5.82 Å². The number of hydrogen-bond acceptors (Lipinski definition) is 4. The van der Waals surface area contributed by atoms with Gasteiger partial charge in [-0.15, -0.1) is 10.2 Å². The van der Waals surface area contributed by atoms with Gasteiger partial charge in [-0.1, -0.05) is 23.7 Å². The summed E-state index contributed by atoms with van der Waals surface area (Å²) >= 11 is 5.78. The predicted molar refractivity (Wildman–Crippen MR) is 91.9 cm³/mol. The highest BCUT2D eigenvalue weighted by Crippen LogP contribution is 2.20. The maximum atomic E-state index is 13.7. The Bertz CT molecular complexity index is 867. The van der Waals surface area contributed by atoms with Crippen LogP contribution in [0.1, 0.15) is 5.89 Å². The molecule has 3 rings (SSSR count). The summed E-state index contributed by atoms with van der Waals surface area (Å²) in [5.41, 5.74) is 0.871. The molecule has 0 saturated carbocycles. The fourth-order valence-corrected chi connectivity index (χ4v) is 2.22. The fraction of sp³-hybridized carbons (Fsp3) is 0.118. The van der Waals surface area contributed by atoms with Crippen LogP contribution in [0.3, 0.4) is 0 Å². The monoisotopic (exact) mass is 360 g/mol. The van der Waals surface area contributed by atoms with Gasteiger partial charge < -0.3 is 15.1 Å². The number of hydrogen-bond donors (Lipinski definition) is 2. The number of nitrogens with one attached hydrogen (secondary N) is 2. The molecule has 0 spiro atoms. The summed E-state index contributed by atoms with van der Waals surface area (Å²) in [6.45, 7) is 0.290. The summed E-state index contributed by atoms with van der Waals surface area (Å²) < 4.78 is 19.1. The zero-order valence-electron chi connectivity index (χ0n) is 13.0. The maximum absolute atomic E-state index is 13.7. The minimum atomic E-state index is -0.432. The molecule has 2 amide bonds. The SMILES string of the molecule is O=C(NCCc1nnc(-c2ccccc2F)o1)Nc1ccc(Cl)cc1. The van der Waals surface area contributed by atoms with Crippen molar-refractivity contribution in [2.45, 2.75) is 6.42 Å². The highest BCUT2D eigenvalue weighted by molar-refractivity contribution is 6.30. The highest BCUT2D eigenvalue weighted by Gasteiger charge is 2.12. The molecule has 1 aromatic heterocycles. The molecule has 0 radical (unpaired) electrons. The van der Waals surface area contributed by atoms with E-state index < -0.39 is 5.82 Å². The highest BCUT2D eigenvalue weighted by atomic mass is 35.5. The Hall–Kier alpha value is -2.93. The van der Waals surface area contributed by atoms with E-state index in [1.807, 2.05) is 0 Å². The van der Waals surface area contributed by atoms with Gasteiger partial charge >= 0.3 is 6.03 Å². The van der Waals surface area contributed by atoms with E-state index in [4.69, 9.17) is 16.0 Å². The first-order valence-corrected chi connectivity index (χ1v) is 7.87. The van der Waals surface area contributed by atoms with Crippen LogP contribution in [0.15, 0.2) is 52.9 Å². The Morgan fingerprint density at radius 1 is 1.12 bits per heavy atom. The first kappa shape index (κ1) is 16.9. The molecule has 0 aliphatic rings. The fourth-order valence-electron chi connectivity index (χ4n) is 2.09. The van der Waals surface area contributed by atoms with Crippen LogP contribution in [0, 0.1) is 5.82 Å². The lowest BCUT2D eigenvalue weighted by Gasteiger charge is -2.06. The van der Waals surface area contributed by atoms with Crippen LogP contribution in [0.25, 0.3) is 11.5 Å². The molecule has 0 fully saturated rings. The minimum Gasteiger partial charge on any atom is -0.421 e. The number of urea groups is 1. The largest absolute Gasteiger partial charge is 0.421 e. The van der Waals surface area contributed by atoms with E-state index in [1.165, 1.54) is 6.07 Å². The normalized spacial score (nSPS) is 10.5. The topological polar surface area (TPSA) is 80.1 Å². The number of anilines is 1. The van der Waals surface area contributed by atoms with Gasteiger partial charge in [-0.3, -0.25) is 0 Å². The van der Waals surface area contributed by atoms with Crippen LogP contribution in [-0.4, -0.2) is 22.8 Å². The van der Waals surface area contributed by atoms with Gasteiger partial charge in [-0.05, 0) is 36.4 Å². The summed E-state index contributed by atoms with van der Waals surface area (Å²) in [5.74, 6) is -0.0121. The lowest BCUT2D eigenvalue weighted by Crippen LogP contribution is -2.30. The Morgan fingerprint density at radius 2 is 1.88 bits per heavy atom. The Balaban J connectivity index is 1.50. The van der Waals surface area contributed by atoms with Crippen LogP contribution in [0.5, 0.6) is 0 Å². The summed E-state index contributed by atoms with van der Waals surface area (Å²) in [5, 5.41) is 13.6. The zero-order chi connectivity index (χ0) is 17.6. The number of amides is 2. The number of halogens is 2. The molecular weight excluding hydrogens is 347 g/mol. The van der Waals surface area contributed by atoms with E-state index in [2.05, 4.69) is 20.8 Å². The maximum Gasteiger partial charge on any atom is 0.319 e. The van der Waals surface area contributed by atoms with Gasteiger partial charge in [0.25, 0.3) is 5.89 Å². The van der Waals surface area contributed by atoms with E-state index in [1.54, 1.807) is 42.5 Å². The number of carbonyl (C=O) groups is 1. The molecule has 0 aliphatic heterocycles. The molecule has 0 atom stereocenters. The van der Waals surface area contributed by atoms with Gasteiger partial charge in [0.15, 0.2) is 0 Å². The second-order valence-corrected chi connectivity index (χ2v) is 5.56. The van der Waals surface area contributed by atoms with Gasteiger partial charge in [0.2, 0.25) is 5.89 Å². The van der Waals surface area contributed by atoms with Crippen LogP contribution in [0.2, 0.25) is 5.02 Å². The quantitative estimate of drug-likeness (QED) is 0.723. The summed E-state index contributed by atoms with van der Waals surface area (Å²) in [4.78, 5) is 11.8. The van der Waals surface area contributed by atoms with Crippen molar-refractivity contribution < 1.29 is 13.6 Å². The van der Waals surface area contributed by atoms with Crippen molar-refractivity contribution in [1.29, 1.82) is 0 Å². The van der Waals surface area contributed by atoms with Crippen molar-refractivity contribution >= 4 is 23.3 Å². The third-order valence-electron chi connectivity index (χ3n) is 3.30. The lowest BCUT2D eigenvalue weighted by molar-refractivity contribution is 0.252. The van der Waals surface area contributed by atoms with Gasteiger partial charge in [0, 0.05) is 23.7 Å². The molecule has 128 valence electrons. The Morgan fingerprint density at radius 3 is 2.64 bits per heavy atom. The molecule has 8 heteroatoms. The molecule has 25 heavy (non-hydrogen) atoms. The second kappa shape index (κ2) is 7.76. The number of rotatable bonds is 5. The van der Waals surface area contributed by atoms with Crippen LogP contribution < -0.4 is 10.6 Å². The summed E-state index contributed by atoms with van der Waals surface area (Å²) in [7, 11) is 0. The van der Waals surface area contributed by atoms with Crippen LogP contribution in [0.4, 0.5) is 14.9 Å². The van der Waals surface area contributed by atoms with Gasteiger partial charge in [0.05, 0.1) is 5.56 Å². The van der Waals surface area contributed by atoms with Crippen molar-refractivity contribution in [3.05, 3.63) is 65.3 Å². The number of carbonyl (C=O) groups excluding carboxylic acids is 1. The smallest absolute Gasteiger partial charge is 0.319 e. The molecule has 0 unspecified atom stereocenters. The number of benzene rings is 2. The Kier molecular flexibility index (Phi) is 5.25. The minimum absolute atomic E-state index is 0.110. The van der Waals surface area contributed by atoms with Crippen molar-refractivity contribution in [2.24, 2.45) is 0 Å². The molecule has 2 N–H and O–H groups in total. The molecule has 0 saturated heterocycles. The van der Waals surface area contributed by atoms with Crippen molar-refractivity contribution in [3.63, 3.8) is 0 Å². The van der Waals surface area contributed by atoms with Crippen LogP contribution in [-0.2, 0) is 6.42 Å². The first-order chi connectivity index (χ1) is 12.1. The van der Waals surface area contributed by atoms with E-state index >= 15 is 0 Å². The second-order valence-electron chi connectivity index (χ2n) is 5.12. The standard InChI is InChI=1S/C17H14ClFN4O2/c18-11-5-7-12(8-6-11)21-17(24)20-10-9-15-22-23-16(25-15)13-3-1-2-4-14(13)19/h1-8H,9-10H2,(H2,20,21,24). The van der Waals surface area contributed by atoms with E-state index in [0.717, 1.165) is 0 Å². The third-order valence-corrected chi connectivity index (χ3v) is 3.55. The average molecular weight is 361 g/mol. The van der Waals surface area contributed by atoms with Gasteiger partial charge in [-0.2, -0.15) is 0 Å². The molecule has 0 bridgehead atoms. The zero-order valence-corrected chi connectivity index (χ0v) is 13.8. The molecule has 6 nitrogen and oxygen atoms in total. The summed E-state index contributed by atoms with van der Waals surface area (Å²) in [6.07, 6.45) is 0.329. The van der Waals surface area contributed by atoms with Crippen molar-refractivity contribution in [1.82, 2.24) is 15.5 Å². The van der Waals surface area contributed by atoms with Gasteiger partial charge in [-0.25, -0.2) is 9.18 Å². The van der Waals surface area contributed by atoms with E-state index in [9.17, 15) is 9.18 Å². The Labute approximate surface area is 148 Å². The van der Waals surface area contributed by atoms with E-state index in [0.29, 0.717) is 29.6 Å². The molecule has 2 aromatic carbocycles. The number of nitrogens with zero attached hydrogens (tertiary/aromatic N) is 2. The van der Waals surface area contributed by atoms with Crippen molar-refractivity contribution in [3.8, 4) is 11.5 Å². The molecule has 1 heterocycles. The summed E-state index contributed by atoms with van der Waals surface area (Å²) in [6, 6.07) is 12.5. The molecule has 0 aliphatic carbocycles. The predicted octanol–water partition coefficient (Wildman–Crippen LogP) is 3.89. The van der Waals surface area contributed by atoms with E-state index in [-0.39, 0.29) is 17.5 Å². The number of aromatic nitrogens is 2.